The first-order valence-corrected chi connectivity index (χ1v) is 8.82. The molecule has 1 unspecified atom stereocenters. The Morgan fingerprint density at radius 2 is 2.26 bits per heavy atom. The quantitative estimate of drug-likeness (QED) is 0.912. The maximum Gasteiger partial charge on any atom is 0.238 e. The Kier molecular flexibility index (Phi) is 4.78. The van der Waals surface area contributed by atoms with Crippen molar-refractivity contribution in [2.45, 2.75) is 32.7 Å². The molecule has 1 amide bonds. The highest BCUT2D eigenvalue weighted by Crippen LogP contribution is 2.34. The lowest BCUT2D eigenvalue weighted by Crippen LogP contribution is -2.40. The molecule has 1 N–H and O–H groups in total. The number of hydrogen-bond donors (Lipinski definition) is 1. The number of benzene rings is 1. The van der Waals surface area contributed by atoms with E-state index in [0.717, 1.165) is 24.9 Å². The van der Waals surface area contributed by atoms with Crippen molar-refractivity contribution in [2.75, 3.05) is 18.4 Å². The summed E-state index contributed by atoms with van der Waals surface area (Å²) in [5.74, 6) is -0.422. The fourth-order valence-electron chi connectivity index (χ4n) is 3.22. The summed E-state index contributed by atoms with van der Waals surface area (Å²) < 4.78 is 13.3. The molecule has 2 heterocycles. The minimum absolute atomic E-state index is 0.0872. The molecule has 122 valence electrons. The van der Waals surface area contributed by atoms with Gasteiger partial charge in [-0.25, -0.2) is 4.39 Å². The molecule has 1 aromatic carbocycles. The van der Waals surface area contributed by atoms with Gasteiger partial charge in [0.15, 0.2) is 0 Å². The van der Waals surface area contributed by atoms with Crippen LogP contribution in [-0.2, 0) is 11.2 Å². The first-order chi connectivity index (χ1) is 11.1. The van der Waals surface area contributed by atoms with E-state index < -0.39 is 0 Å². The summed E-state index contributed by atoms with van der Waals surface area (Å²) in [4.78, 5) is 16.0. The van der Waals surface area contributed by atoms with Crippen LogP contribution < -0.4 is 5.32 Å². The second-order valence-corrected chi connectivity index (χ2v) is 6.95. The van der Waals surface area contributed by atoms with Gasteiger partial charge in [-0.05, 0) is 54.5 Å². The number of amides is 1. The number of anilines is 1. The van der Waals surface area contributed by atoms with Crippen molar-refractivity contribution in [2.24, 2.45) is 0 Å². The van der Waals surface area contributed by atoms with E-state index in [2.05, 4.69) is 28.6 Å². The third-order valence-electron chi connectivity index (χ3n) is 4.41. The van der Waals surface area contributed by atoms with E-state index in [4.69, 9.17) is 0 Å². The van der Waals surface area contributed by atoms with Gasteiger partial charge in [0.05, 0.1) is 6.54 Å². The maximum atomic E-state index is 13.3. The maximum absolute atomic E-state index is 13.3. The lowest BCUT2D eigenvalue weighted by Gasteiger charge is -2.34. The monoisotopic (exact) mass is 332 g/mol. The van der Waals surface area contributed by atoms with Crippen molar-refractivity contribution in [3.8, 4) is 0 Å². The van der Waals surface area contributed by atoms with Crippen LogP contribution in [0.4, 0.5) is 10.1 Å². The van der Waals surface area contributed by atoms with Gasteiger partial charge in [0.25, 0.3) is 0 Å². The van der Waals surface area contributed by atoms with E-state index in [0.29, 0.717) is 18.3 Å². The van der Waals surface area contributed by atoms with Crippen molar-refractivity contribution in [1.82, 2.24) is 4.90 Å². The minimum atomic E-state index is -0.335. The number of nitrogens with one attached hydrogen (secondary N) is 1. The summed E-state index contributed by atoms with van der Waals surface area (Å²) in [5.41, 5.74) is 2.78. The molecule has 1 atom stereocenters. The number of halogens is 1. The Balaban J connectivity index is 1.69. The molecular weight excluding hydrogens is 311 g/mol. The summed E-state index contributed by atoms with van der Waals surface area (Å²) in [6.07, 6.45) is 1.98. The normalized spacial score (nSPS) is 17.8. The van der Waals surface area contributed by atoms with Crippen LogP contribution in [0.15, 0.2) is 29.6 Å². The summed E-state index contributed by atoms with van der Waals surface area (Å²) in [6, 6.07) is 6.93. The van der Waals surface area contributed by atoms with Gasteiger partial charge in [-0.1, -0.05) is 13.0 Å². The zero-order valence-corrected chi connectivity index (χ0v) is 14.3. The number of thiophene rings is 1. The average molecular weight is 332 g/mol. The summed E-state index contributed by atoms with van der Waals surface area (Å²) in [5, 5.41) is 4.97. The topological polar surface area (TPSA) is 32.3 Å². The molecule has 1 aliphatic rings. The molecule has 5 heteroatoms. The van der Waals surface area contributed by atoms with E-state index in [1.54, 1.807) is 17.4 Å². The van der Waals surface area contributed by atoms with Crippen LogP contribution in [0.25, 0.3) is 0 Å². The van der Waals surface area contributed by atoms with Crippen LogP contribution in [0.5, 0.6) is 0 Å². The third kappa shape index (κ3) is 3.46. The SMILES string of the molecule is CCC1c2ccsc2CCN1CC(=O)Nc1cc(F)ccc1C. The Hall–Kier alpha value is -1.72. The van der Waals surface area contributed by atoms with Crippen LogP contribution in [0.2, 0.25) is 0 Å². The molecule has 0 saturated heterocycles. The summed E-state index contributed by atoms with van der Waals surface area (Å²) >= 11 is 1.80. The van der Waals surface area contributed by atoms with E-state index in [-0.39, 0.29) is 11.7 Å². The number of fused-ring (bicyclic) bond motifs is 1. The Morgan fingerprint density at radius 3 is 3.04 bits per heavy atom. The molecule has 0 saturated carbocycles. The highest BCUT2D eigenvalue weighted by Gasteiger charge is 2.28. The molecular formula is C18H21FN2OS. The van der Waals surface area contributed by atoms with Crippen molar-refractivity contribution in [3.63, 3.8) is 0 Å². The van der Waals surface area contributed by atoms with Gasteiger partial charge < -0.3 is 5.32 Å². The van der Waals surface area contributed by atoms with Crippen molar-refractivity contribution >= 4 is 22.9 Å². The number of carbonyl (C=O) groups is 1. The molecule has 3 nitrogen and oxygen atoms in total. The molecule has 23 heavy (non-hydrogen) atoms. The number of aryl methyl sites for hydroxylation is 1. The van der Waals surface area contributed by atoms with E-state index >= 15 is 0 Å². The largest absolute Gasteiger partial charge is 0.325 e. The van der Waals surface area contributed by atoms with Crippen LogP contribution in [0.3, 0.4) is 0 Å². The van der Waals surface area contributed by atoms with Gasteiger partial charge in [-0.15, -0.1) is 11.3 Å². The second kappa shape index (κ2) is 6.81. The molecule has 1 aliphatic heterocycles. The Morgan fingerprint density at radius 1 is 1.43 bits per heavy atom. The van der Waals surface area contributed by atoms with Gasteiger partial charge in [-0.2, -0.15) is 0 Å². The number of nitrogens with zero attached hydrogens (tertiary/aromatic N) is 1. The zero-order chi connectivity index (χ0) is 16.4. The van der Waals surface area contributed by atoms with Crippen LogP contribution in [0.1, 0.15) is 35.4 Å². The lowest BCUT2D eigenvalue weighted by molar-refractivity contribution is -0.118. The number of rotatable bonds is 4. The molecule has 0 spiro atoms. The first-order valence-electron chi connectivity index (χ1n) is 7.94. The van der Waals surface area contributed by atoms with Crippen molar-refractivity contribution in [3.05, 3.63) is 51.5 Å². The Bertz CT molecular complexity index is 713. The van der Waals surface area contributed by atoms with Gasteiger partial charge in [0.2, 0.25) is 5.91 Å². The van der Waals surface area contributed by atoms with E-state index in [9.17, 15) is 9.18 Å². The summed E-state index contributed by atoms with van der Waals surface area (Å²) in [7, 11) is 0. The molecule has 0 aliphatic carbocycles. The Labute approximate surface area is 140 Å². The zero-order valence-electron chi connectivity index (χ0n) is 13.4. The van der Waals surface area contributed by atoms with E-state index in [1.807, 2.05) is 6.92 Å². The molecule has 2 aromatic rings. The minimum Gasteiger partial charge on any atom is -0.325 e. The molecule has 0 fully saturated rings. The molecule has 0 bridgehead atoms. The first kappa shape index (κ1) is 16.1. The highest BCUT2D eigenvalue weighted by atomic mass is 32.1. The predicted octanol–water partition coefficient (Wildman–Crippen LogP) is 4.14. The van der Waals surface area contributed by atoms with Gasteiger partial charge >= 0.3 is 0 Å². The van der Waals surface area contributed by atoms with Gasteiger partial charge in [0, 0.05) is 23.2 Å². The fourth-order valence-corrected chi connectivity index (χ4v) is 4.15. The smallest absolute Gasteiger partial charge is 0.238 e. The van der Waals surface area contributed by atoms with Crippen molar-refractivity contribution in [1.29, 1.82) is 0 Å². The van der Waals surface area contributed by atoms with Gasteiger partial charge in [-0.3, -0.25) is 9.69 Å². The van der Waals surface area contributed by atoms with Gasteiger partial charge in [0.1, 0.15) is 5.82 Å². The molecule has 3 rings (SSSR count). The standard InChI is InChI=1S/C18H21FN2OS/c1-3-16-14-7-9-23-17(14)6-8-21(16)11-18(22)20-15-10-13(19)5-4-12(15)2/h4-5,7,9-10,16H,3,6,8,11H2,1-2H3,(H,20,22). The predicted molar refractivity (Wildman–Crippen MR) is 92.4 cm³/mol. The highest BCUT2D eigenvalue weighted by molar-refractivity contribution is 7.10. The fraction of sp³-hybridized carbons (Fsp3) is 0.389. The van der Waals surface area contributed by atoms with E-state index in [1.165, 1.54) is 22.6 Å². The van der Waals surface area contributed by atoms with Crippen LogP contribution in [-0.4, -0.2) is 23.9 Å². The molecule has 0 radical (unpaired) electrons. The average Bonchev–Trinajstić information content (AvgIpc) is 2.99. The number of carbonyl (C=O) groups excluding carboxylic acids is 1. The van der Waals surface area contributed by atoms with Crippen LogP contribution >= 0.6 is 11.3 Å². The molecule has 1 aromatic heterocycles. The lowest BCUT2D eigenvalue weighted by atomic mass is 9.98. The summed E-state index contributed by atoms with van der Waals surface area (Å²) in [6.45, 7) is 5.24. The number of hydrogen-bond acceptors (Lipinski definition) is 3. The third-order valence-corrected chi connectivity index (χ3v) is 5.41. The second-order valence-electron chi connectivity index (χ2n) is 5.95. The van der Waals surface area contributed by atoms with Crippen molar-refractivity contribution < 1.29 is 9.18 Å². The van der Waals surface area contributed by atoms with Crippen LogP contribution in [0, 0.1) is 12.7 Å².